The van der Waals surface area contributed by atoms with Gasteiger partial charge in [-0.05, 0) is 50.3 Å². The molecule has 1 atom stereocenters. The molecule has 0 spiro atoms. The van der Waals surface area contributed by atoms with Gasteiger partial charge >= 0.3 is 6.03 Å². The van der Waals surface area contributed by atoms with Crippen LogP contribution in [0.15, 0.2) is 36.7 Å². The lowest BCUT2D eigenvalue weighted by molar-refractivity contribution is 0.180. The van der Waals surface area contributed by atoms with Crippen LogP contribution in [0.3, 0.4) is 0 Å². The van der Waals surface area contributed by atoms with Gasteiger partial charge in [0.25, 0.3) is 0 Å². The number of urea groups is 1. The summed E-state index contributed by atoms with van der Waals surface area (Å²) in [5.74, 6) is 1.42. The van der Waals surface area contributed by atoms with Gasteiger partial charge in [0.1, 0.15) is 5.75 Å². The first-order valence-corrected chi connectivity index (χ1v) is 8.83. The topological polar surface area (TPSA) is 59.4 Å². The largest absolute Gasteiger partial charge is 0.497 e. The van der Waals surface area contributed by atoms with Crippen molar-refractivity contribution in [2.75, 3.05) is 12.4 Å². The van der Waals surface area contributed by atoms with Crippen molar-refractivity contribution in [2.24, 2.45) is 5.92 Å². The number of nitrogens with one attached hydrogen (secondary N) is 1. The minimum Gasteiger partial charge on any atom is -0.497 e. The number of aromatic nitrogens is 2. The van der Waals surface area contributed by atoms with E-state index in [0.29, 0.717) is 12.5 Å². The second kappa shape index (κ2) is 7.59. The third kappa shape index (κ3) is 4.32. The Kier molecular flexibility index (Phi) is 5.26. The van der Waals surface area contributed by atoms with Gasteiger partial charge in [0.05, 0.1) is 19.0 Å². The van der Waals surface area contributed by atoms with Crippen molar-refractivity contribution >= 4 is 11.7 Å². The standard InChI is InChI=1S/C19H26N4O2/c1-4-22-13-17(11-20-22)21-19(24)23(14(2)16-7-8-16)12-15-5-9-18(25-3)10-6-15/h5-6,9-11,13-14,16H,4,7-8,12H2,1-3H3,(H,21,24)/t14-/m1/s1. The SMILES string of the molecule is CCn1cc(NC(=O)N(Cc2ccc(OC)cc2)[C@H](C)C2CC2)cn1. The number of amides is 2. The maximum Gasteiger partial charge on any atom is 0.322 e. The first-order chi connectivity index (χ1) is 12.1. The predicted molar refractivity (Wildman–Crippen MR) is 97.6 cm³/mol. The number of hydrogen-bond acceptors (Lipinski definition) is 3. The van der Waals surface area contributed by atoms with Gasteiger partial charge < -0.3 is 15.0 Å². The van der Waals surface area contributed by atoms with Gasteiger partial charge in [-0.3, -0.25) is 4.68 Å². The monoisotopic (exact) mass is 342 g/mol. The van der Waals surface area contributed by atoms with E-state index in [4.69, 9.17) is 4.74 Å². The number of nitrogens with zero attached hydrogens (tertiary/aromatic N) is 3. The lowest BCUT2D eigenvalue weighted by Crippen LogP contribution is -2.42. The molecule has 6 heteroatoms. The van der Waals surface area contributed by atoms with Crippen molar-refractivity contribution < 1.29 is 9.53 Å². The Morgan fingerprint density at radius 2 is 2.12 bits per heavy atom. The van der Waals surface area contributed by atoms with E-state index in [2.05, 4.69) is 17.3 Å². The van der Waals surface area contributed by atoms with Gasteiger partial charge in [0.2, 0.25) is 0 Å². The van der Waals surface area contributed by atoms with E-state index in [1.807, 2.05) is 42.3 Å². The van der Waals surface area contributed by atoms with Crippen LogP contribution in [0.4, 0.5) is 10.5 Å². The third-order valence-corrected chi connectivity index (χ3v) is 4.78. The van der Waals surface area contributed by atoms with Crippen LogP contribution in [0.25, 0.3) is 0 Å². The molecule has 134 valence electrons. The summed E-state index contributed by atoms with van der Waals surface area (Å²) in [5, 5.41) is 7.19. The summed E-state index contributed by atoms with van der Waals surface area (Å²) in [5.41, 5.74) is 1.82. The second-order valence-electron chi connectivity index (χ2n) is 6.57. The molecule has 1 heterocycles. The molecule has 1 N–H and O–H groups in total. The van der Waals surface area contributed by atoms with E-state index >= 15 is 0 Å². The molecule has 0 radical (unpaired) electrons. The second-order valence-corrected chi connectivity index (χ2v) is 6.57. The molecule has 6 nitrogen and oxygen atoms in total. The molecule has 1 saturated carbocycles. The zero-order valence-corrected chi connectivity index (χ0v) is 15.1. The van der Waals surface area contributed by atoms with Crippen LogP contribution in [-0.2, 0) is 13.1 Å². The Bertz CT molecular complexity index is 706. The molecule has 2 aromatic rings. The number of methoxy groups -OCH3 is 1. The highest BCUT2D eigenvalue weighted by Crippen LogP contribution is 2.36. The van der Waals surface area contributed by atoms with Crippen LogP contribution in [0.1, 0.15) is 32.3 Å². The molecule has 0 aliphatic heterocycles. The summed E-state index contributed by atoms with van der Waals surface area (Å²) in [6, 6.07) is 8.01. The van der Waals surface area contributed by atoms with Crippen molar-refractivity contribution in [1.29, 1.82) is 0 Å². The summed E-state index contributed by atoms with van der Waals surface area (Å²) < 4.78 is 7.01. The van der Waals surface area contributed by atoms with E-state index in [1.165, 1.54) is 12.8 Å². The molecule has 3 rings (SSSR count). The van der Waals surface area contributed by atoms with Crippen LogP contribution < -0.4 is 10.1 Å². The molecule has 0 unspecified atom stereocenters. The number of rotatable bonds is 7. The quantitative estimate of drug-likeness (QED) is 0.834. The number of carbonyl (C=O) groups excluding carboxylic acids is 1. The van der Waals surface area contributed by atoms with Crippen molar-refractivity contribution in [1.82, 2.24) is 14.7 Å². The van der Waals surface area contributed by atoms with Crippen LogP contribution in [-0.4, -0.2) is 33.9 Å². The summed E-state index contributed by atoms with van der Waals surface area (Å²) in [7, 11) is 1.65. The van der Waals surface area contributed by atoms with E-state index in [0.717, 1.165) is 23.5 Å². The van der Waals surface area contributed by atoms with Gasteiger partial charge in [-0.15, -0.1) is 0 Å². The van der Waals surface area contributed by atoms with Gasteiger partial charge in [-0.1, -0.05) is 12.1 Å². The maximum atomic E-state index is 12.9. The molecular weight excluding hydrogens is 316 g/mol. The number of carbonyl (C=O) groups is 1. The Morgan fingerprint density at radius 3 is 2.68 bits per heavy atom. The van der Waals surface area contributed by atoms with E-state index in [1.54, 1.807) is 18.0 Å². The molecule has 1 aliphatic rings. The Hall–Kier alpha value is -2.50. The molecule has 1 aromatic heterocycles. The van der Waals surface area contributed by atoms with Crippen molar-refractivity contribution in [2.45, 2.75) is 45.8 Å². The fourth-order valence-electron chi connectivity index (χ4n) is 2.96. The highest BCUT2D eigenvalue weighted by Gasteiger charge is 2.34. The Balaban J connectivity index is 1.72. The Morgan fingerprint density at radius 1 is 1.40 bits per heavy atom. The smallest absolute Gasteiger partial charge is 0.322 e. The summed E-state index contributed by atoms with van der Waals surface area (Å²) in [6.45, 7) is 5.51. The van der Waals surface area contributed by atoms with Crippen molar-refractivity contribution in [3.05, 3.63) is 42.2 Å². The molecule has 2 amide bonds. The number of benzene rings is 1. The van der Waals surface area contributed by atoms with Crippen LogP contribution in [0.5, 0.6) is 5.75 Å². The highest BCUT2D eigenvalue weighted by molar-refractivity contribution is 5.89. The van der Waals surface area contributed by atoms with Gasteiger partial charge in [-0.25, -0.2) is 4.79 Å². The summed E-state index contributed by atoms with van der Waals surface area (Å²) in [6.07, 6.45) is 5.93. The first-order valence-electron chi connectivity index (χ1n) is 8.83. The number of ether oxygens (including phenoxy) is 1. The fourth-order valence-corrected chi connectivity index (χ4v) is 2.96. The third-order valence-electron chi connectivity index (χ3n) is 4.78. The van der Waals surface area contributed by atoms with Crippen molar-refractivity contribution in [3.63, 3.8) is 0 Å². The number of anilines is 1. The zero-order chi connectivity index (χ0) is 17.8. The van der Waals surface area contributed by atoms with E-state index in [9.17, 15) is 4.79 Å². The average Bonchev–Trinajstić information content (AvgIpc) is 3.39. The van der Waals surface area contributed by atoms with E-state index < -0.39 is 0 Å². The minimum absolute atomic E-state index is 0.0779. The maximum absolute atomic E-state index is 12.9. The summed E-state index contributed by atoms with van der Waals surface area (Å²) in [4.78, 5) is 14.8. The highest BCUT2D eigenvalue weighted by atomic mass is 16.5. The van der Waals surface area contributed by atoms with Gasteiger partial charge in [0, 0.05) is 25.3 Å². The molecule has 1 aromatic carbocycles. The summed E-state index contributed by atoms with van der Waals surface area (Å²) >= 11 is 0. The predicted octanol–water partition coefficient (Wildman–Crippen LogP) is 3.74. The molecule has 0 saturated heterocycles. The lowest BCUT2D eigenvalue weighted by Gasteiger charge is -2.29. The lowest BCUT2D eigenvalue weighted by atomic mass is 10.1. The number of hydrogen-bond donors (Lipinski definition) is 1. The minimum atomic E-state index is -0.0779. The normalized spacial score (nSPS) is 14.8. The fraction of sp³-hybridized carbons (Fsp3) is 0.474. The molecule has 1 fully saturated rings. The van der Waals surface area contributed by atoms with Gasteiger partial charge in [0.15, 0.2) is 0 Å². The molecule has 1 aliphatic carbocycles. The van der Waals surface area contributed by atoms with E-state index in [-0.39, 0.29) is 12.1 Å². The van der Waals surface area contributed by atoms with Gasteiger partial charge in [-0.2, -0.15) is 5.10 Å². The first kappa shape index (κ1) is 17.3. The molecule has 25 heavy (non-hydrogen) atoms. The number of aryl methyl sites for hydroxylation is 1. The van der Waals surface area contributed by atoms with Crippen LogP contribution in [0.2, 0.25) is 0 Å². The Labute approximate surface area is 148 Å². The van der Waals surface area contributed by atoms with Crippen LogP contribution >= 0.6 is 0 Å². The average molecular weight is 342 g/mol. The molecular formula is C19H26N4O2. The zero-order valence-electron chi connectivity index (χ0n) is 15.1. The molecule has 0 bridgehead atoms. The van der Waals surface area contributed by atoms with Crippen molar-refractivity contribution in [3.8, 4) is 5.75 Å². The van der Waals surface area contributed by atoms with Crippen LogP contribution in [0, 0.1) is 5.92 Å².